The Balaban J connectivity index is 1.83. The lowest BCUT2D eigenvalue weighted by Crippen LogP contribution is -2.27. The van der Waals surface area contributed by atoms with Gasteiger partial charge in [-0.1, -0.05) is 48.2 Å². The fourth-order valence-electron chi connectivity index (χ4n) is 2.13. The molecular formula is C16H15N5OS. The van der Waals surface area contributed by atoms with Gasteiger partial charge >= 0.3 is 0 Å². The second-order valence-corrected chi connectivity index (χ2v) is 5.72. The van der Waals surface area contributed by atoms with Crippen molar-refractivity contribution < 1.29 is 4.79 Å². The summed E-state index contributed by atoms with van der Waals surface area (Å²) < 4.78 is 1.55. The van der Waals surface area contributed by atoms with Crippen LogP contribution in [-0.4, -0.2) is 31.9 Å². The van der Waals surface area contributed by atoms with Gasteiger partial charge in [0.25, 0.3) is 0 Å². The lowest BCUT2D eigenvalue weighted by atomic mass is 10.2. The van der Waals surface area contributed by atoms with Gasteiger partial charge in [-0.2, -0.15) is 0 Å². The van der Waals surface area contributed by atoms with Crippen molar-refractivity contribution in [2.24, 2.45) is 7.05 Å². The number of hydrogen-bond donors (Lipinski definition) is 0. The number of hydrogen-bond acceptors (Lipinski definition) is 5. The minimum atomic E-state index is -0.0320. The molecule has 2 aromatic carbocycles. The molecule has 3 rings (SSSR count). The first-order valence-corrected chi connectivity index (χ1v) is 8.02. The fraction of sp³-hybridized carbons (Fsp3) is 0.125. The molecule has 0 bridgehead atoms. The summed E-state index contributed by atoms with van der Waals surface area (Å²) in [5.41, 5.74) is 1.67. The summed E-state index contributed by atoms with van der Waals surface area (Å²) in [5.74, 6) is 0.216. The van der Waals surface area contributed by atoms with Crippen molar-refractivity contribution in [3.63, 3.8) is 0 Å². The molecule has 0 atom stereocenters. The third kappa shape index (κ3) is 3.57. The number of tetrazole rings is 1. The van der Waals surface area contributed by atoms with Gasteiger partial charge in [-0.3, -0.25) is 9.69 Å². The number of rotatable bonds is 5. The summed E-state index contributed by atoms with van der Waals surface area (Å²) in [6, 6.07) is 19.2. The highest BCUT2D eigenvalue weighted by molar-refractivity contribution is 7.99. The number of carbonyl (C=O) groups is 1. The van der Waals surface area contributed by atoms with Gasteiger partial charge in [-0.05, 0) is 34.7 Å². The van der Waals surface area contributed by atoms with Crippen LogP contribution in [0.3, 0.4) is 0 Å². The molecule has 1 amide bonds. The lowest BCUT2D eigenvalue weighted by Gasteiger charge is -2.22. The van der Waals surface area contributed by atoms with E-state index in [1.54, 1.807) is 16.6 Å². The minimum Gasteiger partial charge on any atom is -0.280 e. The number of benzene rings is 2. The first kappa shape index (κ1) is 15.2. The van der Waals surface area contributed by atoms with Crippen molar-refractivity contribution >= 4 is 29.0 Å². The number of amides is 1. The Morgan fingerprint density at radius 2 is 1.61 bits per heavy atom. The van der Waals surface area contributed by atoms with Gasteiger partial charge in [0, 0.05) is 18.4 Å². The van der Waals surface area contributed by atoms with Crippen LogP contribution in [0.15, 0.2) is 65.8 Å². The van der Waals surface area contributed by atoms with Crippen molar-refractivity contribution in [1.82, 2.24) is 20.2 Å². The van der Waals surface area contributed by atoms with Gasteiger partial charge in [-0.25, -0.2) is 4.68 Å². The zero-order valence-electron chi connectivity index (χ0n) is 12.5. The molecule has 0 aliphatic carbocycles. The Hall–Kier alpha value is -2.67. The van der Waals surface area contributed by atoms with Crippen LogP contribution in [0.25, 0.3) is 0 Å². The quantitative estimate of drug-likeness (QED) is 0.675. The Morgan fingerprint density at radius 3 is 2.09 bits per heavy atom. The predicted molar refractivity (Wildman–Crippen MR) is 89.6 cm³/mol. The molecule has 0 saturated heterocycles. The maximum absolute atomic E-state index is 12.8. The highest BCUT2D eigenvalue weighted by Crippen LogP contribution is 2.26. The molecule has 1 aromatic heterocycles. The van der Waals surface area contributed by atoms with Gasteiger partial charge < -0.3 is 0 Å². The summed E-state index contributed by atoms with van der Waals surface area (Å²) >= 11 is 1.32. The smallest absolute Gasteiger partial charge is 0.242 e. The van der Waals surface area contributed by atoms with Crippen molar-refractivity contribution in [1.29, 1.82) is 0 Å². The van der Waals surface area contributed by atoms with Gasteiger partial charge in [0.05, 0.1) is 5.75 Å². The molecular weight excluding hydrogens is 310 g/mol. The SMILES string of the molecule is Cn1nnnc1SCC(=O)N(c1ccccc1)c1ccccc1. The summed E-state index contributed by atoms with van der Waals surface area (Å²) in [4.78, 5) is 14.5. The predicted octanol–water partition coefficient (Wildman–Crippen LogP) is 2.67. The highest BCUT2D eigenvalue weighted by atomic mass is 32.2. The van der Waals surface area contributed by atoms with Crippen LogP contribution in [0, 0.1) is 0 Å². The molecule has 0 fully saturated rings. The highest BCUT2D eigenvalue weighted by Gasteiger charge is 2.18. The first-order chi connectivity index (χ1) is 11.3. The maximum atomic E-state index is 12.8. The molecule has 7 heteroatoms. The zero-order valence-corrected chi connectivity index (χ0v) is 13.3. The van der Waals surface area contributed by atoms with Crippen LogP contribution >= 0.6 is 11.8 Å². The number of nitrogens with zero attached hydrogens (tertiary/aromatic N) is 5. The molecule has 1 heterocycles. The van der Waals surface area contributed by atoms with Crippen LogP contribution in [0.1, 0.15) is 0 Å². The van der Waals surface area contributed by atoms with Crippen molar-refractivity contribution in [2.45, 2.75) is 5.16 Å². The molecule has 23 heavy (non-hydrogen) atoms. The second-order valence-electron chi connectivity index (χ2n) is 4.77. The standard InChI is InChI=1S/C16H15N5OS/c1-20-16(17-18-19-20)23-12-15(22)21(13-8-4-2-5-9-13)14-10-6-3-7-11-14/h2-11H,12H2,1H3. The van der Waals surface area contributed by atoms with Crippen LogP contribution in [0.4, 0.5) is 11.4 Å². The Bertz CT molecular complexity index is 736. The number of para-hydroxylation sites is 2. The van der Waals surface area contributed by atoms with Gasteiger partial charge in [0.1, 0.15) is 0 Å². The van der Waals surface area contributed by atoms with Crippen molar-refractivity contribution in [2.75, 3.05) is 10.7 Å². The molecule has 3 aromatic rings. The summed E-state index contributed by atoms with van der Waals surface area (Å²) in [6.45, 7) is 0. The molecule has 0 unspecified atom stereocenters. The third-order valence-electron chi connectivity index (χ3n) is 3.18. The van der Waals surface area contributed by atoms with Gasteiger partial charge in [0.15, 0.2) is 0 Å². The number of anilines is 2. The van der Waals surface area contributed by atoms with Crippen LogP contribution in [0.2, 0.25) is 0 Å². The van der Waals surface area contributed by atoms with Crippen molar-refractivity contribution in [3.05, 3.63) is 60.7 Å². The largest absolute Gasteiger partial charge is 0.280 e. The zero-order chi connectivity index (χ0) is 16.1. The Labute approximate surface area is 138 Å². The monoisotopic (exact) mass is 325 g/mol. The van der Waals surface area contributed by atoms with E-state index in [0.29, 0.717) is 5.16 Å². The van der Waals surface area contributed by atoms with E-state index in [-0.39, 0.29) is 11.7 Å². The average Bonchev–Trinajstić information content (AvgIpc) is 3.00. The van der Waals surface area contributed by atoms with Crippen molar-refractivity contribution in [3.8, 4) is 0 Å². The third-order valence-corrected chi connectivity index (χ3v) is 4.18. The first-order valence-electron chi connectivity index (χ1n) is 7.04. The van der Waals surface area contributed by atoms with Gasteiger partial charge in [-0.15, -0.1) is 5.10 Å². The molecule has 0 aliphatic heterocycles. The fourth-order valence-corrected chi connectivity index (χ4v) is 2.82. The molecule has 0 N–H and O–H groups in total. The number of aromatic nitrogens is 4. The van der Waals surface area contributed by atoms with E-state index in [4.69, 9.17) is 0 Å². The Morgan fingerprint density at radius 1 is 1.04 bits per heavy atom. The molecule has 0 radical (unpaired) electrons. The summed E-state index contributed by atoms with van der Waals surface area (Å²) in [5, 5.41) is 11.8. The van der Waals surface area contributed by atoms with Gasteiger partial charge in [0.2, 0.25) is 11.1 Å². The van der Waals surface area contributed by atoms with E-state index < -0.39 is 0 Å². The number of carbonyl (C=O) groups excluding carboxylic acids is 1. The van der Waals surface area contributed by atoms with E-state index in [1.807, 2.05) is 60.7 Å². The topological polar surface area (TPSA) is 63.9 Å². The van der Waals surface area contributed by atoms with Crippen LogP contribution in [-0.2, 0) is 11.8 Å². The number of thioether (sulfide) groups is 1. The number of aryl methyl sites for hydroxylation is 1. The van der Waals surface area contributed by atoms with E-state index in [9.17, 15) is 4.79 Å². The van der Waals surface area contributed by atoms with E-state index >= 15 is 0 Å². The lowest BCUT2D eigenvalue weighted by molar-refractivity contribution is -0.115. The second kappa shape index (κ2) is 7.06. The summed E-state index contributed by atoms with van der Waals surface area (Å²) in [6.07, 6.45) is 0. The van der Waals surface area contributed by atoms with E-state index in [1.165, 1.54) is 11.8 Å². The summed E-state index contributed by atoms with van der Waals surface area (Å²) in [7, 11) is 1.75. The molecule has 116 valence electrons. The Kier molecular flexibility index (Phi) is 4.68. The maximum Gasteiger partial charge on any atom is 0.242 e. The van der Waals surface area contributed by atoms with Crippen LogP contribution in [0.5, 0.6) is 0 Å². The molecule has 0 saturated carbocycles. The van der Waals surface area contributed by atoms with E-state index in [2.05, 4.69) is 15.5 Å². The average molecular weight is 325 g/mol. The molecule has 0 spiro atoms. The molecule has 0 aliphatic rings. The minimum absolute atomic E-state index is 0.0320. The normalized spacial score (nSPS) is 10.5. The van der Waals surface area contributed by atoms with Crippen LogP contribution < -0.4 is 4.90 Å². The molecule has 6 nitrogen and oxygen atoms in total. The van der Waals surface area contributed by atoms with E-state index in [0.717, 1.165) is 11.4 Å².